The van der Waals surface area contributed by atoms with Gasteiger partial charge in [0.15, 0.2) is 6.61 Å². The van der Waals surface area contributed by atoms with E-state index in [1.807, 2.05) is 13.0 Å². The highest BCUT2D eigenvalue weighted by atomic mass is 16.5. The van der Waals surface area contributed by atoms with E-state index in [1.54, 1.807) is 55.6 Å². The first-order chi connectivity index (χ1) is 16.4. The van der Waals surface area contributed by atoms with Gasteiger partial charge in [-0.05, 0) is 54.4 Å². The second kappa shape index (κ2) is 10.1. The molecule has 174 valence electrons. The molecule has 34 heavy (non-hydrogen) atoms. The molecule has 0 atom stereocenters. The Hall–Kier alpha value is -4.33. The van der Waals surface area contributed by atoms with E-state index in [0.717, 1.165) is 16.5 Å². The lowest BCUT2D eigenvalue weighted by Gasteiger charge is -2.15. The van der Waals surface area contributed by atoms with Crippen LogP contribution < -0.4 is 10.4 Å². The topological polar surface area (TPSA) is 99.2 Å². The van der Waals surface area contributed by atoms with Gasteiger partial charge in [0.2, 0.25) is 0 Å². The van der Waals surface area contributed by atoms with Crippen molar-refractivity contribution in [2.45, 2.75) is 20.1 Å². The second-order valence-corrected chi connectivity index (χ2v) is 7.80. The average molecular weight is 461 g/mol. The molecule has 4 aromatic rings. The highest BCUT2D eigenvalue weighted by Gasteiger charge is 2.15. The van der Waals surface area contributed by atoms with E-state index in [2.05, 4.69) is 0 Å². The van der Waals surface area contributed by atoms with Crippen molar-refractivity contribution >= 4 is 22.8 Å². The number of hydrogen-bond donors (Lipinski definition) is 0. The molecule has 0 N–H and O–H groups in total. The third-order valence-electron chi connectivity index (χ3n) is 5.24. The molecule has 0 aliphatic rings. The molecule has 2 aromatic carbocycles. The molecule has 8 nitrogen and oxygen atoms in total. The average Bonchev–Trinajstić information content (AvgIpc) is 3.34. The molecule has 1 amide bonds. The van der Waals surface area contributed by atoms with Gasteiger partial charge >= 0.3 is 11.6 Å². The number of furan rings is 1. The van der Waals surface area contributed by atoms with Crippen LogP contribution in [0, 0.1) is 6.92 Å². The molecule has 2 heterocycles. The summed E-state index contributed by atoms with van der Waals surface area (Å²) in [6.07, 6.45) is 1.53. The third-order valence-corrected chi connectivity index (χ3v) is 5.24. The van der Waals surface area contributed by atoms with Crippen molar-refractivity contribution < 1.29 is 27.9 Å². The van der Waals surface area contributed by atoms with Gasteiger partial charge in [0, 0.05) is 24.6 Å². The van der Waals surface area contributed by atoms with E-state index in [4.69, 9.17) is 18.3 Å². The van der Waals surface area contributed by atoms with Crippen LogP contribution in [0.25, 0.3) is 11.0 Å². The Kier molecular flexibility index (Phi) is 6.77. The number of ether oxygens (including phenoxy) is 2. The molecule has 0 aliphatic carbocycles. The van der Waals surface area contributed by atoms with Gasteiger partial charge in [0.25, 0.3) is 5.91 Å². The molecule has 4 rings (SSSR count). The second-order valence-electron chi connectivity index (χ2n) is 7.80. The van der Waals surface area contributed by atoms with Gasteiger partial charge in [0.05, 0.1) is 18.4 Å². The molecule has 0 aliphatic heterocycles. The van der Waals surface area contributed by atoms with Crippen molar-refractivity contribution in [3.8, 4) is 5.75 Å². The van der Waals surface area contributed by atoms with E-state index in [0.29, 0.717) is 29.2 Å². The molecule has 2 aromatic heterocycles. The third kappa shape index (κ3) is 5.53. The van der Waals surface area contributed by atoms with Crippen LogP contribution in [-0.4, -0.2) is 30.4 Å². The maximum atomic E-state index is 12.3. The van der Waals surface area contributed by atoms with E-state index < -0.39 is 11.6 Å². The Morgan fingerprint density at radius 2 is 1.82 bits per heavy atom. The minimum absolute atomic E-state index is 0.257. The Bertz CT molecular complexity index is 1350. The molecular formula is C26H23NO7. The van der Waals surface area contributed by atoms with Gasteiger partial charge in [-0.15, -0.1) is 0 Å². The molecular weight excluding hydrogens is 438 g/mol. The van der Waals surface area contributed by atoms with E-state index in [1.165, 1.54) is 17.2 Å². The predicted octanol–water partition coefficient (Wildman–Crippen LogP) is 4.09. The lowest BCUT2D eigenvalue weighted by atomic mass is 10.1. The van der Waals surface area contributed by atoms with Crippen molar-refractivity contribution in [3.05, 3.63) is 99.8 Å². The molecule has 8 heteroatoms. The summed E-state index contributed by atoms with van der Waals surface area (Å²) >= 11 is 0. The Labute approximate surface area is 195 Å². The van der Waals surface area contributed by atoms with Gasteiger partial charge < -0.3 is 23.2 Å². The van der Waals surface area contributed by atoms with Crippen LogP contribution >= 0.6 is 0 Å². The van der Waals surface area contributed by atoms with Crippen LogP contribution in [0.1, 0.15) is 27.2 Å². The Balaban J connectivity index is 1.29. The first-order valence-corrected chi connectivity index (χ1v) is 10.6. The number of hydrogen-bond acceptors (Lipinski definition) is 7. The fraction of sp³-hybridized carbons (Fsp3) is 0.192. The highest BCUT2D eigenvalue weighted by molar-refractivity contribution is 5.91. The standard InChI is InChI=1S/C26H23NO7/c1-17-12-25(29)34-23-13-20(9-10-22(17)23)32-15-18-5-7-19(8-6-18)26(30)33-16-24(28)27(2)14-21-4-3-11-31-21/h3-13H,14-16H2,1-2H3. The van der Waals surface area contributed by atoms with Crippen molar-refractivity contribution in [1.29, 1.82) is 0 Å². The van der Waals surface area contributed by atoms with Gasteiger partial charge in [-0.3, -0.25) is 4.79 Å². The van der Waals surface area contributed by atoms with Crippen molar-refractivity contribution in [1.82, 2.24) is 4.90 Å². The maximum absolute atomic E-state index is 12.3. The molecule has 0 spiro atoms. The largest absolute Gasteiger partial charge is 0.489 e. The molecule has 0 fully saturated rings. The SMILES string of the molecule is Cc1cc(=O)oc2cc(OCc3ccc(C(=O)OCC(=O)N(C)Cc4ccco4)cc3)ccc12. The molecule has 0 unspecified atom stereocenters. The lowest BCUT2D eigenvalue weighted by molar-refractivity contribution is -0.133. The van der Waals surface area contributed by atoms with Gasteiger partial charge in [-0.2, -0.15) is 0 Å². The fourth-order valence-electron chi connectivity index (χ4n) is 3.34. The van der Waals surface area contributed by atoms with E-state index in [9.17, 15) is 14.4 Å². The normalized spacial score (nSPS) is 10.8. The summed E-state index contributed by atoms with van der Waals surface area (Å²) in [5.41, 5.74) is 2.05. The Morgan fingerprint density at radius 3 is 2.56 bits per heavy atom. The van der Waals surface area contributed by atoms with Crippen LogP contribution in [0.4, 0.5) is 0 Å². The number of carbonyl (C=O) groups excluding carboxylic acids is 2. The maximum Gasteiger partial charge on any atom is 0.338 e. The van der Waals surface area contributed by atoms with E-state index in [-0.39, 0.29) is 19.1 Å². The minimum atomic E-state index is -0.591. The summed E-state index contributed by atoms with van der Waals surface area (Å²) in [5, 5.41) is 0.848. The summed E-state index contributed by atoms with van der Waals surface area (Å²) in [7, 11) is 1.61. The number of fused-ring (bicyclic) bond motifs is 1. The number of esters is 1. The molecule has 0 saturated heterocycles. The number of amides is 1. The molecule has 0 radical (unpaired) electrons. The summed E-state index contributed by atoms with van der Waals surface area (Å²) in [4.78, 5) is 37.5. The lowest BCUT2D eigenvalue weighted by Crippen LogP contribution is -2.30. The zero-order chi connectivity index (χ0) is 24.1. The van der Waals surface area contributed by atoms with Crippen molar-refractivity contribution in [2.24, 2.45) is 0 Å². The zero-order valence-corrected chi connectivity index (χ0v) is 18.8. The summed E-state index contributed by atoms with van der Waals surface area (Å²) < 4.78 is 21.4. The highest BCUT2D eigenvalue weighted by Crippen LogP contribution is 2.23. The summed E-state index contributed by atoms with van der Waals surface area (Å²) in [5.74, 6) is 0.272. The zero-order valence-electron chi connectivity index (χ0n) is 18.8. The van der Waals surface area contributed by atoms with Crippen LogP contribution in [0.2, 0.25) is 0 Å². The molecule has 0 saturated carbocycles. The first-order valence-electron chi connectivity index (χ1n) is 10.6. The van der Waals surface area contributed by atoms with Gasteiger partial charge in [0.1, 0.15) is 23.7 Å². The number of nitrogens with zero attached hydrogens (tertiary/aromatic N) is 1. The Morgan fingerprint density at radius 1 is 1.03 bits per heavy atom. The summed E-state index contributed by atoms with van der Waals surface area (Å²) in [6, 6.07) is 17.0. The van der Waals surface area contributed by atoms with Gasteiger partial charge in [-0.25, -0.2) is 9.59 Å². The number of benzene rings is 2. The van der Waals surface area contributed by atoms with Crippen LogP contribution in [-0.2, 0) is 22.7 Å². The van der Waals surface area contributed by atoms with Gasteiger partial charge in [-0.1, -0.05) is 12.1 Å². The fourth-order valence-corrected chi connectivity index (χ4v) is 3.34. The minimum Gasteiger partial charge on any atom is -0.489 e. The van der Waals surface area contributed by atoms with Crippen molar-refractivity contribution in [3.63, 3.8) is 0 Å². The van der Waals surface area contributed by atoms with Crippen LogP contribution in [0.15, 0.2) is 80.6 Å². The van der Waals surface area contributed by atoms with Crippen LogP contribution in [0.3, 0.4) is 0 Å². The number of carbonyl (C=O) groups is 2. The predicted molar refractivity (Wildman–Crippen MR) is 123 cm³/mol. The number of rotatable bonds is 8. The smallest absolute Gasteiger partial charge is 0.338 e. The van der Waals surface area contributed by atoms with Crippen molar-refractivity contribution in [2.75, 3.05) is 13.7 Å². The monoisotopic (exact) mass is 461 g/mol. The number of aryl methyl sites for hydroxylation is 1. The number of likely N-dealkylation sites (N-methyl/N-ethyl adjacent to an activating group) is 1. The van der Waals surface area contributed by atoms with E-state index >= 15 is 0 Å². The quantitative estimate of drug-likeness (QED) is 0.288. The molecule has 0 bridgehead atoms. The summed E-state index contributed by atoms with van der Waals surface area (Å²) in [6.45, 7) is 2.04. The first kappa shape index (κ1) is 22.8. The van der Waals surface area contributed by atoms with Crippen LogP contribution in [0.5, 0.6) is 5.75 Å².